The van der Waals surface area contributed by atoms with Crippen LogP contribution < -0.4 is 15.4 Å². The molecule has 0 fully saturated rings. The van der Waals surface area contributed by atoms with Gasteiger partial charge in [0.25, 0.3) is 5.91 Å². The summed E-state index contributed by atoms with van der Waals surface area (Å²) in [6.07, 6.45) is -0.489. The quantitative estimate of drug-likeness (QED) is 0.792. The van der Waals surface area contributed by atoms with Crippen LogP contribution in [0.15, 0.2) is 24.3 Å². The minimum atomic E-state index is -0.559. The minimum absolute atomic E-state index is 0.0691. The minimum Gasteiger partial charge on any atom is -0.484 e. The zero-order chi connectivity index (χ0) is 19.0. The molecule has 1 atom stereocenters. The fourth-order valence-corrected chi connectivity index (χ4v) is 1.97. The number of carbonyl (C=O) groups is 2. The molecule has 1 aromatic carbocycles. The molecule has 0 saturated heterocycles. The smallest absolute Gasteiger partial charge is 0.407 e. The lowest BCUT2D eigenvalue weighted by Gasteiger charge is -2.26. The molecular formula is C19H30N2O4. The lowest BCUT2D eigenvalue weighted by atomic mass is 10.0. The Morgan fingerprint density at radius 1 is 1.12 bits per heavy atom. The lowest BCUT2D eigenvalue weighted by Crippen LogP contribution is -2.48. The van der Waals surface area contributed by atoms with Crippen molar-refractivity contribution in [1.29, 1.82) is 0 Å². The van der Waals surface area contributed by atoms with Crippen LogP contribution in [0.2, 0.25) is 0 Å². The summed E-state index contributed by atoms with van der Waals surface area (Å²) in [5.74, 6) is 0.552. The van der Waals surface area contributed by atoms with Crippen molar-refractivity contribution in [2.75, 3.05) is 13.2 Å². The second-order valence-corrected chi connectivity index (χ2v) is 7.40. The van der Waals surface area contributed by atoms with Gasteiger partial charge in [-0.3, -0.25) is 4.79 Å². The maximum atomic E-state index is 11.9. The van der Waals surface area contributed by atoms with Crippen LogP contribution in [0, 0.1) is 12.8 Å². The summed E-state index contributed by atoms with van der Waals surface area (Å²) in [5, 5.41) is 5.57. The highest BCUT2D eigenvalue weighted by Crippen LogP contribution is 2.11. The summed E-state index contributed by atoms with van der Waals surface area (Å²) in [6, 6.07) is 7.27. The Morgan fingerprint density at radius 3 is 2.24 bits per heavy atom. The van der Waals surface area contributed by atoms with Crippen LogP contribution in [0.3, 0.4) is 0 Å². The van der Waals surface area contributed by atoms with Gasteiger partial charge in [0.1, 0.15) is 11.4 Å². The van der Waals surface area contributed by atoms with Crippen molar-refractivity contribution in [2.45, 2.75) is 53.2 Å². The van der Waals surface area contributed by atoms with Crippen molar-refractivity contribution in [3.63, 3.8) is 0 Å². The molecule has 0 bridgehead atoms. The molecule has 0 aliphatic heterocycles. The van der Waals surface area contributed by atoms with Gasteiger partial charge in [-0.15, -0.1) is 0 Å². The van der Waals surface area contributed by atoms with E-state index in [0.717, 1.165) is 5.56 Å². The number of benzene rings is 1. The van der Waals surface area contributed by atoms with Gasteiger partial charge in [-0.25, -0.2) is 4.79 Å². The van der Waals surface area contributed by atoms with Gasteiger partial charge in [0, 0.05) is 6.54 Å². The van der Waals surface area contributed by atoms with Gasteiger partial charge in [-0.1, -0.05) is 31.5 Å². The number of nitrogens with one attached hydrogen (secondary N) is 2. The number of hydrogen-bond acceptors (Lipinski definition) is 4. The lowest BCUT2D eigenvalue weighted by molar-refractivity contribution is -0.123. The Balaban J connectivity index is 2.41. The number of amides is 2. The molecule has 1 unspecified atom stereocenters. The second-order valence-electron chi connectivity index (χ2n) is 7.40. The van der Waals surface area contributed by atoms with Crippen molar-refractivity contribution in [1.82, 2.24) is 10.6 Å². The topological polar surface area (TPSA) is 76.7 Å². The first kappa shape index (κ1) is 20.8. The van der Waals surface area contributed by atoms with E-state index >= 15 is 0 Å². The summed E-state index contributed by atoms with van der Waals surface area (Å²) in [5.41, 5.74) is 0.571. The van der Waals surface area contributed by atoms with Crippen molar-refractivity contribution >= 4 is 12.0 Å². The van der Waals surface area contributed by atoms with Crippen molar-refractivity contribution in [3.05, 3.63) is 29.8 Å². The number of aryl methyl sites for hydroxylation is 1. The molecule has 0 aromatic heterocycles. The maximum absolute atomic E-state index is 11.9. The molecule has 6 nitrogen and oxygen atoms in total. The van der Waals surface area contributed by atoms with E-state index in [1.807, 2.05) is 45.0 Å². The first-order valence-electron chi connectivity index (χ1n) is 8.52. The maximum Gasteiger partial charge on any atom is 0.407 e. The summed E-state index contributed by atoms with van der Waals surface area (Å²) in [4.78, 5) is 23.8. The van der Waals surface area contributed by atoms with Crippen molar-refractivity contribution < 1.29 is 19.1 Å². The van der Waals surface area contributed by atoms with Crippen LogP contribution in [0.5, 0.6) is 5.75 Å². The van der Waals surface area contributed by atoms with Gasteiger partial charge in [0.2, 0.25) is 0 Å². The zero-order valence-electron chi connectivity index (χ0n) is 16.0. The van der Waals surface area contributed by atoms with Crippen molar-refractivity contribution in [2.24, 2.45) is 5.92 Å². The Labute approximate surface area is 150 Å². The molecule has 0 aliphatic rings. The molecule has 6 heteroatoms. The molecule has 1 aromatic rings. The fraction of sp³-hybridized carbons (Fsp3) is 0.579. The number of carbonyl (C=O) groups excluding carboxylic acids is 2. The highest BCUT2D eigenvalue weighted by Gasteiger charge is 2.21. The third-order valence-electron chi connectivity index (χ3n) is 3.42. The third-order valence-corrected chi connectivity index (χ3v) is 3.42. The monoisotopic (exact) mass is 350 g/mol. The molecule has 2 N–H and O–H groups in total. The molecule has 0 spiro atoms. The largest absolute Gasteiger partial charge is 0.484 e. The summed E-state index contributed by atoms with van der Waals surface area (Å²) in [6.45, 7) is 11.6. The van der Waals surface area contributed by atoms with Crippen LogP contribution in [-0.4, -0.2) is 36.8 Å². The fourth-order valence-electron chi connectivity index (χ4n) is 1.97. The SMILES string of the molecule is Cc1ccc(OCC(=O)NCC(NC(=O)OC(C)(C)C)C(C)C)cc1. The first-order valence-corrected chi connectivity index (χ1v) is 8.52. The van der Waals surface area contributed by atoms with Crippen molar-refractivity contribution in [3.8, 4) is 5.75 Å². The van der Waals surface area contributed by atoms with Crippen LogP contribution in [0.1, 0.15) is 40.2 Å². The summed E-state index contributed by atoms with van der Waals surface area (Å²) < 4.78 is 10.7. The molecule has 25 heavy (non-hydrogen) atoms. The Morgan fingerprint density at radius 2 is 1.72 bits per heavy atom. The normalized spacial score (nSPS) is 12.4. The molecular weight excluding hydrogens is 320 g/mol. The molecule has 0 radical (unpaired) electrons. The second kappa shape index (κ2) is 9.30. The summed E-state index contributed by atoms with van der Waals surface area (Å²) in [7, 11) is 0. The molecule has 2 amide bonds. The van der Waals surface area contributed by atoms with Gasteiger partial charge in [0.15, 0.2) is 6.61 Å². The van der Waals surface area contributed by atoms with Crippen LogP contribution in [0.4, 0.5) is 4.79 Å². The van der Waals surface area contributed by atoms with E-state index in [0.29, 0.717) is 12.3 Å². The van der Waals surface area contributed by atoms with Gasteiger partial charge >= 0.3 is 6.09 Å². The highest BCUT2D eigenvalue weighted by molar-refractivity contribution is 5.77. The Hall–Kier alpha value is -2.24. The number of alkyl carbamates (subject to hydrolysis) is 1. The first-order chi connectivity index (χ1) is 11.6. The molecule has 1 rings (SSSR count). The third kappa shape index (κ3) is 8.98. The zero-order valence-corrected chi connectivity index (χ0v) is 16.0. The number of rotatable bonds is 7. The molecule has 0 heterocycles. The van der Waals surface area contributed by atoms with E-state index < -0.39 is 11.7 Å². The van der Waals surface area contributed by atoms with E-state index in [1.54, 1.807) is 20.8 Å². The van der Waals surface area contributed by atoms with E-state index in [2.05, 4.69) is 10.6 Å². The standard InChI is InChI=1S/C19H30N2O4/c1-13(2)16(21-18(23)25-19(4,5)6)11-20-17(22)12-24-15-9-7-14(3)8-10-15/h7-10,13,16H,11-12H2,1-6H3,(H,20,22)(H,21,23). The Bertz CT molecular complexity index is 562. The van der Waals surface area contributed by atoms with Gasteiger partial charge < -0.3 is 20.1 Å². The highest BCUT2D eigenvalue weighted by atomic mass is 16.6. The van der Waals surface area contributed by atoms with Gasteiger partial charge in [-0.2, -0.15) is 0 Å². The van der Waals surface area contributed by atoms with E-state index in [-0.39, 0.29) is 24.5 Å². The Kier molecular flexibility index (Phi) is 7.74. The molecule has 0 saturated carbocycles. The number of hydrogen-bond donors (Lipinski definition) is 2. The van der Waals surface area contributed by atoms with Gasteiger partial charge in [0.05, 0.1) is 6.04 Å². The van der Waals surface area contributed by atoms with Crippen LogP contribution >= 0.6 is 0 Å². The molecule has 140 valence electrons. The van der Waals surface area contributed by atoms with E-state index in [4.69, 9.17) is 9.47 Å². The number of ether oxygens (including phenoxy) is 2. The van der Waals surface area contributed by atoms with Gasteiger partial charge in [-0.05, 0) is 45.7 Å². The van der Waals surface area contributed by atoms with Crippen LogP contribution in [-0.2, 0) is 9.53 Å². The predicted molar refractivity (Wildman–Crippen MR) is 97.7 cm³/mol. The average Bonchev–Trinajstić information content (AvgIpc) is 2.48. The predicted octanol–water partition coefficient (Wildman–Crippen LogP) is 3.04. The van der Waals surface area contributed by atoms with E-state index in [9.17, 15) is 9.59 Å². The van der Waals surface area contributed by atoms with E-state index in [1.165, 1.54) is 0 Å². The van der Waals surface area contributed by atoms with Crippen LogP contribution in [0.25, 0.3) is 0 Å². The average molecular weight is 350 g/mol. The summed E-state index contributed by atoms with van der Waals surface area (Å²) >= 11 is 0. The molecule has 0 aliphatic carbocycles.